The lowest BCUT2D eigenvalue weighted by molar-refractivity contribution is -0.404. The van der Waals surface area contributed by atoms with Crippen molar-refractivity contribution in [2.24, 2.45) is 0 Å². The maximum absolute atomic E-state index is 10.4. The van der Waals surface area contributed by atoms with E-state index < -0.39 is 37.6 Å². The van der Waals surface area contributed by atoms with E-state index >= 15 is 0 Å². The molecular weight excluding hydrogens is 396 g/mol. The molecule has 11 nitrogen and oxygen atoms in total. The standard InChI is InChI=1S/C13H13N.C6H3N3O7/c1-11-6-5-9-14-13(11)10-12-7-3-2-4-8-12;10-6-4(8(13)14)1-3(7(11)12)2-5(6)9(15)16/h2-9H,10H2,1H3;1-2,10H. The predicted molar refractivity (Wildman–Crippen MR) is 106 cm³/mol. The second kappa shape index (κ2) is 9.68. The molecule has 0 unspecified atom stereocenters. The van der Waals surface area contributed by atoms with Crippen molar-refractivity contribution in [3.8, 4) is 5.75 Å². The molecule has 1 aromatic heterocycles. The fourth-order valence-electron chi connectivity index (χ4n) is 2.47. The average molecular weight is 412 g/mol. The van der Waals surface area contributed by atoms with Crippen molar-refractivity contribution in [1.82, 2.24) is 4.98 Å². The van der Waals surface area contributed by atoms with Crippen LogP contribution >= 0.6 is 0 Å². The zero-order chi connectivity index (χ0) is 22.3. The smallest absolute Gasteiger partial charge is 0.324 e. The van der Waals surface area contributed by atoms with Gasteiger partial charge >= 0.3 is 11.4 Å². The Morgan fingerprint density at radius 2 is 1.43 bits per heavy atom. The highest BCUT2D eigenvalue weighted by Gasteiger charge is 2.30. The van der Waals surface area contributed by atoms with Crippen LogP contribution in [0.25, 0.3) is 0 Å². The predicted octanol–water partition coefficient (Wildman–Crippen LogP) is 4.10. The molecule has 0 aliphatic rings. The molecular formula is C19H16N4O7. The average Bonchev–Trinajstić information content (AvgIpc) is 2.70. The van der Waals surface area contributed by atoms with Gasteiger partial charge in [-0.25, -0.2) is 0 Å². The molecule has 1 heterocycles. The van der Waals surface area contributed by atoms with Gasteiger partial charge in [0.15, 0.2) is 0 Å². The van der Waals surface area contributed by atoms with E-state index in [0.717, 1.165) is 6.42 Å². The maximum atomic E-state index is 10.4. The van der Waals surface area contributed by atoms with E-state index in [4.69, 9.17) is 5.11 Å². The van der Waals surface area contributed by atoms with Gasteiger partial charge in [-0.05, 0) is 24.1 Å². The van der Waals surface area contributed by atoms with Gasteiger partial charge in [-0.1, -0.05) is 36.4 Å². The summed E-state index contributed by atoms with van der Waals surface area (Å²) in [6, 6.07) is 15.4. The van der Waals surface area contributed by atoms with Crippen LogP contribution in [0.15, 0.2) is 60.8 Å². The molecule has 0 bridgehead atoms. The second-order valence-corrected chi connectivity index (χ2v) is 6.03. The van der Waals surface area contributed by atoms with Gasteiger partial charge in [-0.3, -0.25) is 35.3 Å². The summed E-state index contributed by atoms with van der Waals surface area (Å²) in [7, 11) is 0. The van der Waals surface area contributed by atoms with E-state index in [1.54, 1.807) is 0 Å². The van der Waals surface area contributed by atoms with Crippen molar-refractivity contribution in [1.29, 1.82) is 0 Å². The Labute approximate surface area is 169 Å². The number of benzene rings is 2. The molecule has 0 spiro atoms. The zero-order valence-electron chi connectivity index (χ0n) is 15.7. The van der Waals surface area contributed by atoms with Crippen LogP contribution in [-0.2, 0) is 6.42 Å². The van der Waals surface area contributed by atoms with Crippen LogP contribution in [0.4, 0.5) is 17.1 Å². The number of nitro benzene ring substituents is 3. The Kier molecular flexibility index (Phi) is 7.06. The molecule has 154 valence electrons. The highest BCUT2D eigenvalue weighted by Crippen LogP contribution is 2.38. The van der Waals surface area contributed by atoms with E-state index in [1.807, 2.05) is 18.3 Å². The van der Waals surface area contributed by atoms with Crippen molar-refractivity contribution in [3.05, 3.63) is 108 Å². The van der Waals surface area contributed by atoms with Gasteiger partial charge < -0.3 is 5.11 Å². The summed E-state index contributed by atoms with van der Waals surface area (Å²) in [4.78, 5) is 32.1. The SMILES string of the molecule is Cc1cccnc1Cc1ccccc1.O=[N+]([O-])c1cc([N+](=O)[O-])c(O)c([N+](=O)[O-])c1. The highest BCUT2D eigenvalue weighted by molar-refractivity contribution is 5.64. The topological polar surface area (TPSA) is 163 Å². The lowest BCUT2D eigenvalue weighted by Crippen LogP contribution is -1.97. The quantitative estimate of drug-likeness (QED) is 0.483. The number of aryl methyl sites for hydroxylation is 1. The van der Waals surface area contributed by atoms with Gasteiger partial charge in [0.05, 0.1) is 26.9 Å². The Bertz CT molecular complexity index is 1050. The first-order valence-corrected chi connectivity index (χ1v) is 8.45. The monoisotopic (exact) mass is 412 g/mol. The molecule has 0 amide bonds. The van der Waals surface area contributed by atoms with E-state index in [0.29, 0.717) is 12.1 Å². The largest absolute Gasteiger partial charge is 0.497 e. The zero-order valence-corrected chi connectivity index (χ0v) is 15.7. The van der Waals surface area contributed by atoms with Crippen molar-refractivity contribution in [2.75, 3.05) is 0 Å². The first kappa shape index (κ1) is 21.9. The number of non-ortho nitro benzene ring substituents is 1. The van der Waals surface area contributed by atoms with Crippen molar-refractivity contribution < 1.29 is 19.9 Å². The van der Waals surface area contributed by atoms with Gasteiger partial charge in [0.1, 0.15) is 0 Å². The Morgan fingerprint density at radius 1 is 0.867 bits per heavy atom. The van der Waals surface area contributed by atoms with E-state index in [1.165, 1.54) is 16.8 Å². The third-order valence-corrected chi connectivity index (χ3v) is 3.99. The second-order valence-electron chi connectivity index (χ2n) is 6.03. The van der Waals surface area contributed by atoms with E-state index in [9.17, 15) is 30.3 Å². The maximum Gasteiger partial charge on any atom is 0.324 e. The highest BCUT2D eigenvalue weighted by atomic mass is 16.6. The van der Waals surface area contributed by atoms with Crippen molar-refractivity contribution >= 4 is 17.1 Å². The summed E-state index contributed by atoms with van der Waals surface area (Å²) in [5, 5.41) is 40.2. The number of aromatic hydroxyl groups is 1. The third-order valence-electron chi connectivity index (χ3n) is 3.99. The number of pyridine rings is 1. The number of aromatic nitrogens is 1. The van der Waals surface area contributed by atoms with Crippen LogP contribution in [0.2, 0.25) is 0 Å². The minimum Gasteiger partial charge on any atom is -0.497 e. The normalized spacial score (nSPS) is 9.90. The van der Waals surface area contributed by atoms with Gasteiger partial charge in [-0.2, -0.15) is 0 Å². The van der Waals surface area contributed by atoms with Gasteiger partial charge in [0, 0.05) is 18.3 Å². The van der Waals surface area contributed by atoms with Gasteiger partial charge in [-0.15, -0.1) is 0 Å². The Hall–Kier alpha value is -4.41. The molecule has 11 heteroatoms. The summed E-state index contributed by atoms with van der Waals surface area (Å²) in [5.41, 5.74) is 0.738. The number of phenols is 1. The molecule has 0 aliphatic heterocycles. The lowest BCUT2D eigenvalue weighted by Gasteiger charge is -2.03. The molecule has 0 aliphatic carbocycles. The van der Waals surface area contributed by atoms with Gasteiger partial charge in [0.25, 0.3) is 11.4 Å². The summed E-state index contributed by atoms with van der Waals surface area (Å²) in [6.45, 7) is 2.10. The summed E-state index contributed by atoms with van der Waals surface area (Å²) in [5.74, 6) is -1.21. The van der Waals surface area contributed by atoms with Crippen LogP contribution in [0.5, 0.6) is 5.75 Å². The minimum atomic E-state index is -1.21. The molecule has 3 aromatic rings. The lowest BCUT2D eigenvalue weighted by atomic mass is 10.1. The number of nitro groups is 3. The molecule has 3 rings (SSSR count). The molecule has 30 heavy (non-hydrogen) atoms. The first-order valence-electron chi connectivity index (χ1n) is 8.45. The molecule has 0 saturated heterocycles. The van der Waals surface area contributed by atoms with Crippen molar-refractivity contribution in [2.45, 2.75) is 13.3 Å². The fourth-order valence-corrected chi connectivity index (χ4v) is 2.47. The number of hydrogen-bond acceptors (Lipinski definition) is 8. The molecule has 0 fully saturated rings. The third kappa shape index (κ3) is 5.55. The minimum absolute atomic E-state index is 0.447. The van der Waals surface area contributed by atoms with Crippen molar-refractivity contribution in [3.63, 3.8) is 0 Å². The summed E-state index contributed by atoms with van der Waals surface area (Å²) >= 11 is 0. The van der Waals surface area contributed by atoms with Crippen LogP contribution in [0.1, 0.15) is 16.8 Å². The summed E-state index contributed by atoms with van der Waals surface area (Å²) < 4.78 is 0. The molecule has 0 atom stereocenters. The van der Waals surface area contributed by atoms with Crippen LogP contribution in [-0.4, -0.2) is 24.9 Å². The summed E-state index contributed by atoms with van der Waals surface area (Å²) in [6.07, 6.45) is 2.78. The van der Waals surface area contributed by atoms with E-state index in [-0.39, 0.29) is 0 Å². The number of hydrogen-bond donors (Lipinski definition) is 1. The van der Waals surface area contributed by atoms with Crippen LogP contribution < -0.4 is 0 Å². The number of phenolic OH excluding ortho intramolecular Hbond substituents is 1. The first-order chi connectivity index (χ1) is 14.2. The Balaban J connectivity index is 0.000000215. The van der Waals surface area contributed by atoms with Crippen LogP contribution in [0, 0.1) is 37.3 Å². The van der Waals surface area contributed by atoms with Gasteiger partial charge in [0.2, 0.25) is 0 Å². The molecule has 2 aromatic carbocycles. The molecule has 0 radical (unpaired) electrons. The molecule has 0 saturated carbocycles. The number of rotatable bonds is 5. The fraction of sp³-hybridized carbons (Fsp3) is 0.105. The number of nitrogens with zero attached hydrogens (tertiary/aromatic N) is 4. The molecule has 1 N–H and O–H groups in total. The Morgan fingerprint density at radius 3 is 1.90 bits per heavy atom. The van der Waals surface area contributed by atoms with Crippen LogP contribution in [0.3, 0.4) is 0 Å². The van der Waals surface area contributed by atoms with E-state index in [2.05, 4.69) is 42.2 Å².